The van der Waals surface area contributed by atoms with Crippen LogP contribution in [0, 0.1) is 0 Å². The average molecular weight is 239 g/mol. The fraction of sp³-hybridized carbons (Fsp3) is 0.500. The molecule has 0 aliphatic heterocycles. The van der Waals surface area contributed by atoms with Gasteiger partial charge in [-0.05, 0) is 18.6 Å². The molecule has 0 aliphatic carbocycles. The van der Waals surface area contributed by atoms with E-state index in [0.717, 1.165) is 12.8 Å². The van der Waals surface area contributed by atoms with Crippen LogP contribution in [0.4, 0.5) is 0 Å². The molecule has 17 heavy (non-hydrogen) atoms. The van der Waals surface area contributed by atoms with Gasteiger partial charge in [-0.1, -0.05) is 13.3 Å². The number of carbonyl (C=O) groups is 1. The van der Waals surface area contributed by atoms with Crippen molar-refractivity contribution in [2.24, 2.45) is 0 Å². The third-order valence-electron chi connectivity index (χ3n) is 2.31. The zero-order valence-electron chi connectivity index (χ0n) is 9.89. The van der Waals surface area contributed by atoms with E-state index >= 15 is 0 Å². The molecule has 0 saturated carbocycles. The minimum absolute atomic E-state index is 0.0711. The molecule has 1 aromatic rings. The van der Waals surface area contributed by atoms with E-state index in [0.29, 0.717) is 6.61 Å². The second-order valence-corrected chi connectivity index (χ2v) is 3.72. The molecule has 0 aromatic carbocycles. The van der Waals surface area contributed by atoms with Crippen LogP contribution in [0.2, 0.25) is 0 Å². The zero-order chi connectivity index (χ0) is 12.7. The van der Waals surface area contributed by atoms with Crippen LogP contribution in [0.3, 0.4) is 0 Å². The first-order valence-corrected chi connectivity index (χ1v) is 5.69. The minimum Gasteiger partial charge on any atom is -0.488 e. The highest BCUT2D eigenvalue weighted by molar-refractivity contribution is 5.66. The summed E-state index contributed by atoms with van der Waals surface area (Å²) >= 11 is 0. The molecule has 1 heterocycles. The summed E-state index contributed by atoms with van der Waals surface area (Å²) in [4.78, 5) is 22.3. The van der Waals surface area contributed by atoms with Gasteiger partial charge in [-0.25, -0.2) is 0 Å². The van der Waals surface area contributed by atoms with Crippen molar-refractivity contribution in [1.82, 2.24) is 4.57 Å². The lowest BCUT2D eigenvalue weighted by Crippen LogP contribution is -2.22. The first kappa shape index (κ1) is 13.3. The number of pyridine rings is 1. The van der Waals surface area contributed by atoms with E-state index in [2.05, 4.69) is 0 Å². The van der Waals surface area contributed by atoms with Gasteiger partial charge in [0.25, 0.3) is 5.56 Å². The Morgan fingerprint density at radius 2 is 2.29 bits per heavy atom. The van der Waals surface area contributed by atoms with E-state index < -0.39 is 5.97 Å². The molecular weight excluding hydrogens is 222 g/mol. The number of unbranched alkanes of at least 4 members (excludes halogenated alkanes) is 1. The summed E-state index contributed by atoms with van der Waals surface area (Å²) in [5, 5.41) is 8.56. The van der Waals surface area contributed by atoms with Crippen LogP contribution >= 0.6 is 0 Å². The third-order valence-corrected chi connectivity index (χ3v) is 2.31. The van der Waals surface area contributed by atoms with Gasteiger partial charge in [0.05, 0.1) is 13.0 Å². The molecule has 5 nitrogen and oxygen atoms in total. The standard InChI is InChI=1S/C12H17NO4/c1-2-3-9-17-10-5-4-7-13(12(10)16)8-6-11(14)15/h4-5,7H,2-3,6,8-9H2,1H3,(H,14,15). The van der Waals surface area contributed by atoms with Crippen molar-refractivity contribution in [1.29, 1.82) is 0 Å². The SMILES string of the molecule is CCCCOc1cccn(CCC(=O)O)c1=O. The lowest BCUT2D eigenvalue weighted by atomic mass is 10.3. The summed E-state index contributed by atoms with van der Waals surface area (Å²) in [6.45, 7) is 2.72. The maximum atomic E-state index is 11.8. The van der Waals surface area contributed by atoms with Gasteiger partial charge in [-0.15, -0.1) is 0 Å². The smallest absolute Gasteiger partial charge is 0.305 e. The molecule has 0 amide bonds. The van der Waals surface area contributed by atoms with Crippen molar-refractivity contribution >= 4 is 5.97 Å². The Morgan fingerprint density at radius 1 is 1.53 bits per heavy atom. The maximum Gasteiger partial charge on any atom is 0.305 e. The topological polar surface area (TPSA) is 68.5 Å². The molecule has 1 aromatic heterocycles. The van der Waals surface area contributed by atoms with Crippen molar-refractivity contribution in [3.8, 4) is 5.75 Å². The van der Waals surface area contributed by atoms with Crippen LogP contribution in [0.1, 0.15) is 26.2 Å². The second kappa shape index (κ2) is 6.73. The number of carboxylic acids is 1. The van der Waals surface area contributed by atoms with E-state index in [1.54, 1.807) is 18.3 Å². The average Bonchev–Trinajstić information content (AvgIpc) is 2.30. The number of aliphatic carboxylic acids is 1. The molecule has 1 rings (SSSR count). The second-order valence-electron chi connectivity index (χ2n) is 3.72. The Balaban J connectivity index is 2.69. The number of hydrogen-bond donors (Lipinski definition) is 1. The number of aryl methyl sites for hydroxylation is 1. The van der Waals surface area contributed by atoms with Gasteiger partial charge in [0.15, 0.2) is 5.75 Å². The highest BCUT2D eigenvalue weighted by Crippen LogP contribution is 2.03. The van der Waals surface area contributed by atoms with Gasteiger partial charge in [0.1, 0.15) is 0 Å². The molecule has 1 N–H and O–H groups in total. The van der Waals surface area contributed by atoms with E-state index in [1.807, 2.05) is 6.92 Å². The monoisotopic (exact) mass is 239 g/mol. The van der Waals surface area contributed by atoms with Crippen molar-refractivity contribution in [2.75, 3.05) is 6.61 Å². The van der Waals surface area contributed by atoms with E-state index in [9.17, 15) is 9.59 Å². The summed E-state index contributed by atoms with van der Waals surface area (Å²) in [6.07, 6.45) is 3.39. The third kappa shape index (κ3) is 4.30. The van der Waals surface area contributed by atoms with Crippen LogP contribution in [0.5, 0.6) is 5.75 Å². The van der Waals surface area contributed by atoms with E-state index in [4.69, 9.17) is 9.84 Å². The summed E-state index contributed by atoms with van der Waals surface area (Å²) in [6, 6.07) is 3.29. The maximum absolute atomic E-state index is 11.8. The lowest BCUT2D eigenvalue weighted by molar-refractivity contribution is -0.137. The van der Waals surface area contributed by atoms with Gasteiger partial charge in [-0.2, -0.15) is 0 Å². The molecular formula is C12H17NO4. The Bertz CT molecular complexity index is 425. The molecule has 0 unspecified atom stereocenters. The fourth-order valence-corrected chi connectivity index (χ4v) is 1.34. The number of aromatic nitrogens is 1. The summed E-state index contributed by atoms with van der Waals surface area (Å²) in [7, 11) is 0. The number of ether oxygens (including phenoxy) is 1. The Hall–Kier alpha value is -1.78. The predicted octanol–water partition coefficient (Wildman–Crippen LogP) is 1.50. The quantitative estimate of drug-likeness (QED) is 0.732. The molecule has 0 bridgehead atoms. The zero-order valence-corrected chi connectivity index (χ0v) is 9.89. The number of carboxylic acid groups (broad SMARTS) is 1. The first-order valence-electron chi connectivity index (χ1n) is 5.69. The van der Waals surface area contributed by atoms with Crippen LogP contribution in [-0.2, 0) is 11.3 Å². The molecule has 94 valence electrons. The fourth-order valence-electron chi connectivity index (χ4n) is 1.34. The van der Waals surface area contributed by atoms with Gasteiger partial charge >= 0.3 is 5.97 Å². The van der Waals surface area contributed by atoms with Crippen molar-refractivity contribution in [2.45, 2.75) is 32.7 Å². The van der Waals surface area contributed by atoms with Crippen molar-refractivity contribution in [3.63, 3.8) is 0 Å². The summed E-state index contributed by atoms with van der Waals surface area (Å²) in [5.74, 6) is -0.638. The molecule has 0 spiro atoms. The highest BCUT2D eigenvalue weighted by atomic mass is 16.5. The van der Waals surface area contributed by atoms with Gasteiger partial charge in [0.2, 0.25) is 0 Å². The van der Waals surface area contributed by atoms with Gasteiger partial charge < -0.3 is 14.4 Å². The Kier molecular flexibility index (Phi) is 5.26. The van der Waals surface area contributed by atoms with Crippen molar-refractivity contribution < 1.29 is 14.6 Å². The molecule has 0 radical (unpaired) electrons. The van der Waals surface area contributed by atoms with Gasteiger partial charge in [-0.3, -0.25) is 9.59 Å². The minimum atomic E-state index is -0.922. The predicted molar refractivity (Wildman–Crippen MR) is 63.4 cm³/mol. The normalized spacial score (nSPS) is 10.2. The van der Waals surface area contributed by atoms with Gasteiger partial charge in [0, 0.05) is 12.7 Å². The Labute approximate surface area is 99.6 Å². The molecule has 5 heteroatoms. The number of rotatable bonds is 7. The van der Waals surface area contributed by atoms with Crippen LogP contribution in [0.15, 0.2) is 23.1 Å². The van der Waals surface area contributed by atoms with E-state index in [1.165, 1.54) is 4.57 Å². The lowest BCUT2D eigenvalue weighted by Gasteiger charge is -2.08. The van der Waals surface area contributed by atoms with E-state index in [-0.39, 0.29) is 24.3 Å². The summed E-state index contributed by atoms with van der Waals surface area (Å²) in [5.41, 5.74) is -0.273. The molecule has 0 saturated heterocycles. The van der Waals surface area contributed by atoms with Crippen LogP contribution in [-0.4, -0.2) is 22.2 Å². The largest absolute Gasteiger partial charge is 0.488 e. The molecule has 0 fully saturated rings. The molecule has 0 aliphatic rings. The number of hydrogen-bond acceptors (Lipinski definition) is 3. The van der Waals surface area contributed by atoms with Crippen LogP contribution in [0.25, 0.3) is 0 Å². The summed E-state index contributed by atoms with van der Waals surface area (Å²) < 4.78 is 6.70. The Morgan fingerprint density at radius 3 is 2.94 bits per heavy atom. The molecule has 0 atom stereocenters. The van der Waals surface area contributed by atoms with Crippen LogP contribution < -0.4 is 10.3 Å². The number of nitrogens with zero attached hydrogens (tertiary/aromatic N) is 1. The highest BCUT2D eigenvalue weighted by Gasteiger charge is 2.05. The van der Waals surface area contributed by atoms with Crippen molar-refractivity contribution in [3.05, 3.63) is 28.7 Å². The first-order chi connectivity index (χ1) is 8.15.